The van der Waals surface area contributed by atoms with Crippen molar-refractivity contribution in [2.75, 3.05) is 25.0 Å². The number of hydrogen-bond donors (Lipinski definition) is 3. The molecule has 2 amide bonds. The van der Waals surface area contributed by atoms with Gasteiger partial charge in [-0.3, -0.25) is 9.59 Å². The van der Waals surface area contributed by atoms with Crippen molar-refractivity contribution in [3.8, 4) is 22.5 Å². The minimum Gasteiger partial charge on any atom is -0.455 e. The van der Waals surface area contributed by atoms with Crippen LogP contribution in [0.1, 0.15) is 80.5 Å². The van der Waals surface area contributed by atoms with E-state index in [1.54, 1.807) is 19.2 Å². The van der Waals surface area contributed by atoms with Gasteiger partial charge in [0.25, 0.3) is 11.8 Å². The van der Waals surface area contributed by atoms with E-state index in [1.807, 2.05) is 36.4 Å². The third kappa shape index (κ3) is 5.91. The maximum atomic E-state index is 13.9. The number of hydrogen-bond acceptors (Lipinski definition) is 5. The molecule has 0 spiro atoms. The van der Waals surface area contributed by atoms with Crippen molar-refractivity contribution in [1.29, 1.82) is 0 Å². The second-order valence-electron chi connectivity index (χ2n) is 13.7. The van der Waals surface area contributed by atoms with Gasteiger partial charge in [0, 0.05) is 59.5 Å². The summed E-state index contributed by atoms with van der Waals surface area (Å²) in [6.07, 6.45) is 3.84. The van der Waals surface area contributed by atoms with E-state index >= 15 is 0 Å². The van der Waals surface area contributed by atoms with E-state index in [-0.39, 0.29) is 17.6 Å². The van der Waals surface area contributed by atoms with Gasteiger partial charge in [0.2, 0.25) is 0 Å². The summed E-state index contributed by atoms with van der Waals surface area (Å²) >= 11 is 0. The highest BCUT2D eigenvalue weighted by Gasteiger charge is 2.52. The molecule has 8 heteroatoms. The molecule has 2 bridgehead atoms. The molecule has 2 aliphatic carbocycles. The number of carbonyl (C=O) groups is 2. The van der Waals surface area contributed by atoms with Crippen molar-refractivity contribution in [2.24, 2.45) is 11.8 Å². The Morgan fingerprint density at radius 1 is 0.935 bits per heavy atom. The predicted molar refractivity (Wildman–Crippen MR) is 181 cm³/mol. The number of amides is 2. The molecule has 3 aromatic carbocycles. The van der Waals surface area contributed by atoms with Crippen LogP contribution >= 0.6 is 0 Å². The van der Waals surface area contributed by atoms with Crippen molar-refractivity contribution < 1.29 is 23.5 Å². The molecular weight excluding hydrogens is 581 g/mol. The highest BCUT2D eigenvalue weighted by atomic mass is 19.1. The summed E-state index contributed by atoms with van der Waals surface area (Å²) in [4.78, 5) is 29.4. The second-order valence-corrected chi connectivity index (χ2v) is 13.7. The second kappa shape index (κ2) is 12.2. The molecule has 242 valence electrons. The van der Waals surface area contributed by atoms with Gasteiger partial charge in [-0.25, -0.2) is 4.39 Å². The molecule has 3 N–H and O–H groups in total. The number of rotatable bonds is 8. The lowest BCUT2D eigenvalue weighted by atomic mass is 9.59. The Labute approximate surface area is 270 Å². The molecule has 0 saturated heterocycles. The van der Waals surface area contributed by atoms with Crippen LogP contribution < -0.4 is 15.5 Å². The fourth-order valence-electron chi connectivity index (χ4n) is 8.49. The number of fused-ring (bicyclic) bond motifs is 3. The van der Waals surface area contributed by atoms with Crippen LogP contribution in [0.25, 0.3) is 33.4 Å². The molecule has 7 nitrogen and oxygen atoms in total. The van der Waals surface area contributed by atoms with Gasteiger partial charge in [-0.2, -0.15) is 0 Å². The predicted octanol–water partition coefficient (Wildman–Crippen LogP) is 7.56. The third-order valence-electron chi connectivity index (χ3n) is 9.89. The molecule has 2 fully saturated rings. The minimum atomic E-state index is -0.738. The standard InChI is InChI=1S/C38H44FN3O4/c1-6-42(7-2)31-17-32-30(33(36(44)40-5)34(46-32)25-11-13-28(39)14-12-25)16-29(31)26-9-8-10-27(15-26)35(43)41-37-18-23(3)20-38(45,22-37)21-24(4)19-37/h8-17,23-24,45H,6-7,18-22H2,1-5H3,(H,40,44)(H,41,43)/t23-,24+,37+,38-. The molecule has 4 atom stereocenters. The number of nitrogens with zero attached hydrogens (tertiary/aromatic N) is 1. The first-order chi connectivity index (χ1) is 22.0. The fourth-order valence-corrected chi connectivity index (χ4v) is 8.49. The molecule has 1 heterocycles. The van der Waals surface area contributed by atoms with Crippen LogP contribution in [0.3, 0.4) is 0 Å². The van der Waals surface area contributed by atoms with E-state index in [9.17, 15) is 19.1 Å². The summed E-state index contributed by atoms with van der Waals surface area (Å²) in [6, 6.07) is 17.4. The third-order valence-corrected chi connectivity index (χ3v) is 9.89. The van der Waals surface area contributed by atoms with Gasteiger partial charge in [0.05, 0.1) is 11.2 Å². The highest BCUT2D eigenvalue weighted by molar-refractivity contribution is 6.13. The lowest BCUT2D eigenvalue weighted by Gasteiger charge is -2.54. The monoisotopic (exact) mass is 625 g/mol. The van der Waals surface area contributed by atoms with Gasteiger partial charge in [-0.1, -0.05) is 26.0 Å². The molecule has 46 heavy (non-hydrogen) atoms. The molecule has 1 aromatic heterocycles. The van der Waals surface area contributed by atoms with Gasteiger partial charge < -0.3 is 25.1 Å². The maximum Gasteiger partial charge on any atom is 0.255 e. The molecule has 6 rings (SSSR count). The van der Waals surface area contributed by atoms with Gasteiger partial charge in [-0.05, 0) is 106 Å². The van der Waals surface area contributed by atoms with E-state index in [0.29, 0.717) is 51.7 Å². The van der Waals surface area contributed by atoms with E-state index in [1.165, 1.54) is 12.1 Å². The molecule has 2 aliphatic rings. The SMILES string of the molecule is CCN(CC)c1cc2oc(-c3ccc(F)cc3)c(C(=O)NC)c2cc1-c1cccc(C(=O)N[C@]23C[C@H](C)C[C@](O)(C[C@H](C)C2)C3)c1. The topological polar surface area (TPSA) is 94.8 Å². The van der Waals surface area contributed by atoms with Gasteiger partial charge in [0.1, 0.15) is 17.2 Å². The van der Waals surface area contributed by atoms with Crippen molar-refractivity contribution in [1.82, 2.24) is 10.6 Å². The minimum absolute atomic E-state index is 0.147. The Hall–Kier alpha value is -4.17. The van der Waals surface area contributed by atoms with Crippen LogP contribution in [0, 0.1) is 17.7 Å². The van der Waals surface area contributed by atoms with Crippen molar-refractivity contribution in [3.63, 3.8) is 0 Å². The summed E-state index contributed by atoms with van der Waals surface area (Å²) in [5, 5.41) is 18.1. The lowest BCUT2D eigenvalue weighted by Crippen LogP contribution is -2.61. The summed E-state index contributed by atoms with van der Waals surface area (Å²) in [5.74, 6) is 0.188. The Balaban J connectivity index is 1.45. The van der Waals surface area contributed by atoms with Crippen molar-refractivity contribution >= 4 is 28.5 Å². The Bertz CT molecular complexity index is 1760. The first-order valence-corrected chi connectivity index (χ1v) is 16.5. The number of halogens is 1. The maximum absolute atomic E-state index is 13.9. The van der Waals surface area contributed by atoms with Crippen LogP contribution in [-0.4, -0.2) is 48.2 Å². The normalized spacial score (nSPS) is 24.1. The molecule has 0 unspecified atom stereocenters. The van der Waals surface area contributed by atoms with Gasteiger partial charge in [0.15, 0.2) is 0 Å². The van der Waals surface area contributed by atoms with Crippen LogP contribution in [0.15, 0.2) is 65.1 Å². The Morgan fingerprint density at radius 3 is 2.24 bits per heavy atom. The zero-order chi connectivity index (χ0) is 32.8. The zero-order valence-electron chi connectivity index (χ0n) is 27.4. The summed E-state index contributed by atoms with van der Waals surface area (Å²) in [7, 11) is 1.57. The van der Waals surface area contributed by atoms with Crippen molar-refractivity contribution in [2.45, 2.75) is 70.9 Å². The molecule has 4 aromatic rings. The molecule has 0 aliphatic heterocycles. The fraction of sp³-hybridized carbons (Fsp3) is 0.421. The average molecular weight is 626 g/mol. The number of anilines is 1. The van der Waals surface area contributed by atoms with E-state index in [0.717, 1.165) is 55.6 Å². The largest absolute Gasteiger partial charge is 0.455 e. The number of nitrogens with one attached hydrogen (secondary N) is 2. The van der Waals surface area contributed by atoms with E-state index in [4.69, 9.17) is 4.42 Å². The zero-order valence-corrected chi connectivity index (χ0v) is 27.4. The van der Waals surface area contributed by atoms with Crippen LogP contribution in [0.2, 0.25) is 0 Å². The Morgan fingerprint density at radius 2 is 1.61 bits per heavy atom. The number of aliphatic hydroxyl groups is 1. The van der Waals surface area contributed by atoms with Gasteiger partial charge in [-0.15, -0.1) is 0 Å². The first-order valence-electron chi connectivity index (χ1n) is 16.5. The molecular formula is C38H44FN3O4. The van der Waals surface area contributed by atoms with E-state index in [2.05, 4.69) is 43.2 Å². The Kier molecular flexibility index (Phi) is 8.44. The first kappa shape index (κ1) is 31.8. The highest BCUT2D eigenvalue weighted by Crippen LogP contribution is 2.50. The van der Waals surface area contributed by atoms with Crippen LogP contribution in [-0.2, 0) is 0 Å². The smallest absolute Gasteiger partial charge is 0.255 e. The number of benzene rings is 3. The lowest BCUT2D eigenvalue weighted by molar-refractivity contribution is -0.0962. The summed E-state index contributed by atoms with van der Waals surface area (Å²) in [5.41, 5.74) is 3.51. The van der Waals surface area contributed by atoms with Crippen molar-refractivity contribution in [3.05, 3.63) is 77.6 Å². The molecule has 0 radical (unpaired) electrons. The number of carbonyl (C=O) groups excluding carboxylic acids is 2. The van der Waals surface area contributed by atoms with Crippen LogP contribution in [0.5, 0.6) is 0 Å². The quantitative estimate of drug-likeness (QED) is 0.188. The number of furan rings is 1. The van der Waals surface area contributed by atoms with Gasteiger partial charge >= 0.3 is 0 Å². The summed E-state index contributed by atoms with van der Waals surface area (Å²) in [6.45, 7) is 9.98. The van der Waals surface area contributed by atoms with Crippen LogP contribution in [0.4, 0.5) is 10.1 Å². The summed E-state index contributed by atoms with van der Waals surface area (Å²) < 4.78 is 20.1. The molecule has 2 saturated carbocycles. The average Bonchev–Trinajstić information content (AvgIpc) is 3.38. The van der Waals surface area contributed by atoms with E-state index < -0.39 is 11.1 Å².